The molecule has 0 aliphatic rings. The van der Waals surface area contributed by atoms with Crippen LogP contribution in [0.5, 0.6) is 0 Å². The Morgan fingerprint density at radius 2 is 1.74 bits per heavy atom. The zero-order chi connectivity index (χ0) is 16.6. The minimum Gasteiger partial charge on any atom is -0.233 e. The SMILES string of the molecule is [CH2]c1cc(-c2cccc(Br)c2)n(-c2cccc(C(F)(F)F)c2)n1. The summed E-state index contributed by atoms with van der Waals surface area (Å²) in [5, 5.41) is 4.23. The summed E-state index contributed by atoms with van der Waals surface area (Å²) in [5.74, 6) is 0. The number of benzene rings is 2. The molecule has 2 nitrogen and oxygen atoms in total. The highest BCUT2D eigenvalue weighted by Gasteiger charge is 2.30. The first-order valence-electron chi connectivity index (χ1n) is 6.70. The molecule has 0 bridgehead atoms. The fourth-order valence-electron chi connectivity index (χ4n) is 2.29. The zero-order valence-corrected chi connectivity index (χ0v) is 13.4. The molecule has 0 amide bonds. The van der Waals surface area contributed by atoms with Gasteiger partial charge in [-0.25, -0.2) is 4.68 Å². The van der Waals surface area contributed by atoms with E-state index >= 15 is 0 Å². The average molecular weight is 380 g/mol. The maximum atomic E-state index is 12.9. The quantitative estimate of drug-likeness (QED) is 0.574. The van der Waals surface area contributed by atoms with Crippen LogP contribution in [-0.4, -0.2) is 9.78 Å². The molecular weight excluding hydrogens is 369 g/mol. The third-order valence-electron chi connectivity index (χ3n) is 3.30. The topological polar surface area (TPSA) is 17.8 Å². The summed E-state index contributed by atoms with van der Waals surface area (Å²) >= 11 is 3.39. The highest BCUT2D eigenvalue weighted by Crippen LogP contribution is 2.32. The van der Waals surface area contributed by atoms with Crippen molar-refractivity contribution in [3.05, 3.63) is 77.3 Å². The van der Waals surface area contributed by atoms with Gasteiger partial charge < -0.3 is 0 Å². The van der Waals surface area contributed by atoms with Crippen LogP contribution in [0.3, 0.4) is 0 Å². The molecule has 0 saturated carbocycles. The standard InChI is InChI=1S/C17H11BrF3N2/c1-11-8-16(12-4-2-6-14(18)9-12)23(22-11)15-7-3-5-13(10-15)17(19,20)21/h2-10H,1H2. The van der Waals surface area contributed by atoms with Crippen LogP contribution in [0, 0.1) is 6.92 Å². The molecule has 1 aromatic heterocycles. The van der Waals surface area contributed by atoms with Crippen molar-refractivity contribution in [2.24, 2.45) is 0 Å². The summed E-state index contributed by atoms with van der Waals surface area (Å²) in [7, 11) is 0. The highest BCUT2D eigenvalue weighted by atomic mass is 79.9. The van der Waals surface area contributed by atoms with Crippen LogP contribution in [0.15, 0.2) is 59.1 Å². The van der Waals surface area contributed by atoms with Gasteiger partial charge in [-0.1, -0.05) is 34.1 Å². The second kappa shape index (κ2) is 5.85. The van der Waals surface area contributed by atoms with E-state index in [9.17, 15) is 13.2 Å². The van der Waals surface area contributed by atoms with Gasteiger partial charge in [0.2, 0.25) is 0 Å². The van der Waals surface area contributed by atoms with Gasteiger partial charge in [0, 0.05) is 10.0 Å². The molecule has 6 heteroatoms. The van der Waals surface area contributed by atoms with E-state index in [0.717, 1.165) is 22.2 Å². The maximum absolute atomic E-state index is 12.9. The average Bonchev–Trinajstić information content (AvgIpc) is 2.89. The summed E-state index contributed by atoms with van der Waals surface area (Å²) in [6.07, 6.45) is -4.40. The summed E-state index contributed by atoms with van der Waals surface area (Å²) < 4.78 is 41.1. The Balaban J connectivity index is 2.15. The number of hydrogen-bond donors (Lipinski definition) is 0. The molecule has 23 heavy (non-hydrogen) atoms. The second-order valence-electron chi connectivity index (χ2n) is 4.99. The molecule has 0 unspecified atom stereocenters. The lowest BCUT2D eigenvalue weighted by Gasteiger charge is -2.11. The first-order valence-corrected chi connectivity index (χ1v) is 7.49. The van der Waals surface area contributed by atoms with Crippen LogP contribution < -0.4 is 0 Å². The largest absolute Gasteiger partial charge is 0.416 e. The lowest BCUT2D eigenvalue weighted by Crippen LogP contribution is -2.07. The second-order valence-corrected chi connectivity index (χ2v) is 5.91. The fraction of sp³-hybridized carbons (Fsp3) is 0.0588. The van der Waals surface area contributed by atoms with Crippen LogP contribution in [-0.2, 0) is 6.18 Å². The number of aromatic nitrogens is 2. The van der Waals surface area contributed by atoms with Crippen molar-refractivity contribution in [2.45, 2.75) is 6.18 Å². The number of alkyl halides is 3. The number of hydrogen-bond acceptors (Lipinski definition) is 1. The number of halogens is 4. The van der Waals surface area contributed by atoms with Crippen LogP contribution >= 0.6 is 15.9 Å². The molecule has 3 aromatic rings. The molecular formula is C17H11BrF3N2. The molecule has 2 aromatic carbocycles. The molecule has 0 fully saturated rings. The van der Waals surface area contributed by atoms with E-state index in [4.69, 9.17) is 0 Å². The summed E-state index contributed by atoms with van der Waals surface area (Å²) in [6, 6.07) is 14.3. The van der Waals surface area contributed by atoms with Crippen LogP contribution in [0.1, 0.15) is 11.3 Å². The van der Waals surface area contributed by atoms with E-state index in [1.807, 2.05) is 24.3 Å². The van der Waals surface area contributed by atoms with Crippen molar-refractivity contribution in [1.82, 2.24) is 9.78 Å². The third-order valence-corrected chi connectivity index (χ3v) is 3.79. The molecule has 1 heterocycles. The van der Waals surface area contributed by atoms with E-state index in [-0.39, 0.29) is 0 Å². The number of nitrogens with zero attached hydrogens (tertiary/aromatic N) is 2. The van der Waals surface area contributed by atoms with Gasteiger partial charge in [0.1, 0.15) is 0 Å². The predicted octanol–water partition coefficient (Wildman–Crippen LogP) is 5.50. The lowest BCUT2D eigenvalue weighted by molar-refractivity contribution is -0.137. The Hall–Kier alpha value is -2.08. The molecule has 1 radical (unpaired) electrons. The van der Waals surface area contributed by atoms with Crippen molar-refractivity contribution in [2.75, 3.05) is 0 Å². The monoisotopic (exact) mass is 379 g/mol. The van der Waals surface area contributed by atoms with E-state index in [2.05, 4.69) is 28.0 Å². The van der Waals surface area contributed by atoms with Crippen LogP contribution in [0.2, 0.25) is 0 Å². The van der Waals surface area contributed by atoms with E-state index < -0.39 is 11.7 Å². The Labute approximate surface area is 139 Å². The van der Waals surface area contributed by atoms with E-state index in [1.54, 1.807) is 12.1 Å². The van der Waals surface area contributed by atoms with E-state index in [1.165, 1.54) is 10.7 Å². The maximum Gasteiger partial charge on any atom is 0.416 e. The van der Waals surface area contributed by atoms with Gasteiger partial charge in [-0.05, 0) is 43.3 Å². The highest BCUT2D eigenvalue weighted by molar-refractivity contribution is 9.10. The summed E-state index contributed by atoms with van der Waals surface area (Å²) in [6.45, 7) is 3.78. The first-order chi connectivity index (χ1) is 10.8. The van der Waals surface area contributed by atoms with Gasteiger partial charge in [0.15, 0.2) is 0 Å². The zero-order valence-electron chi connectivity index (χ0n) is 11.8. The van der Waals surface area contributed by atoms with Crippen molar-refractivity contribution in [1.29, 1.82) is 0 Å². The lowest BCUT2D eigenvalue weighted by atomic mass is 10.1. The molecule has 0 atom stereocenters. The fourth-order valence-corrected chi connectivity index (χ4v) is 2.69. The molecule has 0 aliphatic heterocycles. The first kappa shape index (κ1) is 15.8. The minimum atomic E-state index is -4.40. The van der Waals surface area contributed by atoms with Crippen molar-refractivity contribution in [3.8, 4) is 16.9 Å². The third kappa shape index (κ3) is 3.32. The predicted molar refractivity (Wildman–Crippen MR) is 86.2 cm³/mol. The molecule has 0 aliphatic carbocycles. The Kier molecular flexibility index (Phi) is 4.02. The Morgan fingerprint density at radius 1 is 1.00 bits per heavy atom. The number of rotatable bonds is 2. The van der Waals surface area contributed by atoms with Gasteiger partial charge in [0.05, 0.1) is 22.6 Å². The summed E-state index contributed by atoms with van der Waals surface area (Å²) in [5.41, 5.74) is 1.62. The van der Waals surface area contributed by atoms with Crippen molar-refractivity contribution >= 4 is 15.9 Å². The molecule has 3 rings (SSSR count). The van der Waals surface area contributed by atoms with E-state index in [0.29, 0.717) is 17.1 Å². The van der Waals surface area contributed by atoms with Crippen molar-refractivity contribution < 1.29 is 13.2 Å². The van der Waals surface area contributed by atoms with Gasteiger partial charge in [-0.15, -0.1) is 0 Å². The smallest absolute Gasteiger partial charge is 0.233 e. The molecule has 117 valence electrons. The van der Waals surface area contributed by atoms with Gasteiger partial charge in [-0.3, -0.25) is 0 Å². The molecule has 0 spiro atoms. The Bertz CT molecular complexity index is 853. The van der Waals surface area contributed by atoms with Crippen LogP contribution in [0.4, 0.5) is 13.2 Å². The summed E-state index contributed by atoms with van der Waals surface area (Å²) in [4.78, 5) is 0. The Morgan fingerprint density at radius 3 is 2.43 bits per heavy atom. The normalized spacial score (nSPS) is 11.7. The molecule has 0 saturated heterocycles. The van der Waals surface area contributed by atoms with Gasteiger partial charge in [-0.2, -0.15) is 18.3 Å². The molecule has 0 N–H and O–H groups in total. The van der Waals surface area contributed by atoms with Crippen LogP contribution in [0.25, 0.3) is 16.9 Å². The minimum absolute atomic E-state index is 0.338. The van der Waals surface area contributed by atoms with Gasteiger partial charge >= 0.3 is 6.18 Å². The van der Waals surface area contributed by atoms with Gasteiger partial charge in [0.25, 0.3) is 0 Å². The van der Waals surface area contributed by atoms with Crippen molar-refractivity contribution in [3.63, 3.8) is 0 Å².